The second-order valence-corrected chi connectivity index (χ2v) is 7.80. The van der Waals surface area contributed by atoms with Crippen molar-refractivity contribution < 1.29 is 8.42 Å². The molecule has 1 fully saturated rings. The van der Waals surface area contributed by atoms with Crippen molar-refractivity contribution in [1.29, 1.82) is 0 Å². The monoisotopic (exact) mass is 346 g/mol. The van der Waals surface area contributed by atoms with Gasteiger partial charge in [0.25, 0.3) is 0 Å². The lowest BCUT2D eigenvalue weighted by molar-refractivity contribution is 0.453. The van der Waals surface area contributed by atoms with Gasteiger partial charge in [0.15, 0.2) is 0 Å². The fourth-order valence-electron chi connectivity index (χ4n) is 1.95. The number of rotatable bonds is 4. The summed E-state index contributed by atoms with van der Waals surface area (Å²) in [6.07, 6.45) is 2.13. The highest BCUT2D eigenvalue weighted by atomic mass is 35.5. The zero-order valence-electron chi connectivity index (χ0n) is 11.6. The van der Waals surface area contributed by atoms with Crippen LogP contribution < -0.4 is 5.73 Å². The number of hydrogen-bond acceptors (Lipinski definition) is 3. The average molecular weight is 347 g/mol. The van der Waals surface area contributed by atoms with E-state index in [1.165, 1.54) is 16.4 Å². The van der Waals surface area contributed by atoms with E-state index >= 15 is 0 Å². The van der Waals surface area contributed by atoms with Gasteiger partial charge in [-0.3, -0.25) is 0 Å². The highest BCUT2D eigenvalue weighted by Gasteiger charge is 2.31. The van der Waals surface area contributed by atoms with Crippen molar-refractivity contribution in [3.05, 3.63) is 27.7 Å². The first-order valence-electron chi connectivity index (χ1n) is 6.50. The second kappa shape index (κ2) is 6.55. The molecule has 0 radical (unpaired) electrons. The highest BCUT2D eigenvalue weighted by Crippen LogP contribution is 2.35. The normalized spacial score (nSPS) is 14.9. The number of hydrogen-bond donors (Lipinski definition) is 1. The molecule has 21 heavy (non-hydrogen) atoms. The second-order valence-electron chi connectivity index (χ2n) is 5.00. The molecular formula is C14H16Cl2N2O2S. The Kier molecular flexibility index (Phi) is 5.18. The van der Waals surface area contributed by atoms with Gasteiger partial charge in [-0.2, -0.15) is 0 Å². The Morgan fingerprint density at radius 3 is 2.38 bits per heavy atom. The molecule has 0 amide bonds. The van der Waals surface area contributed by atoms with E-state index in [1.54, 1.807) is 7.05 Å². The summed E-state index contributed by atoms with van der Waals surface area (Å²) in [5, 5.41) is 0.151. The van der Waals surface area contributed by atoms with Crippen molar-refractivity contribution in [3.63, 3.8) is 0 Å². The quantitative estimate of drug-likeness (QED) is 0.851. The molecule has 7 heteroatoms. The van der Waals surface area contributed by atoms with Crippen LogP contribution in [0.15, 0.2) is 17.0 Å². The van der Waals surface area contributed by atoms with Crippen LogP contribution in [-0.2, 0) is 10.0 Å². The molecule has 4 nitrogen and oxygen atoms in total. The zero-order chi connectivity index (χ0) is 15.6. The molecule has 0 aromatic heterocycles. The van der Waals surface area contributed by atoms with Crippen molar-refractivity contribution >= 4 is 33.2 Å². The maximum atomic E-state index is 12.6. The van der Waals surface area contributed by atoms with E-state index in [9.17, 15) is 8.42 Å². The van der Waals surface area contributed by atoms with Crippen LogP contribution in [0.4, 0.5) is 0 Å². The molecule has 0 saturated heterocycles. The largest absolute Gasteiger partial charge is 0.320 e. The lowest BCUT2D eigenvalue weighted by atomic mass is 10.2. The molecule has 1 aromatic carbocycles. The van der Waals surface area contributed by atoms with Gasteiger partial charge in [-0.15, -0.1) is 0 Å². The molecule has 2 N–H and O–H groups in total. The van der Waals surface area contributed by atoms with Gasteiger partial charge in [0, 0.05) is 19.2 Å². The third-order valence-corrected chi connectivity index (χ3v) is 5.96. The van der Waals surface area contributed by atoms with Gasteiger partial charge in [-0.25, -0.2) is 12.7 Å². The van der Waals surface area contributed by atoms with Crippen LogP contribution in [0.1, 0.15) is 18.4 Å². The van der Waals surface area contributed by atoms with E-state index < -0.39 is 10.0 Å². The lowest BCUT2D eigenvalue weighted by Gasteiger charge is -2.18. The molecular weight excluding hydrogens is 331 g/mol. The first-order valence-corrected chi connectivity index (χ1v) is 8.70. The summed E-state index contributed by atoms with van der Waals surface area (Å²) in [7, 11) is -2.15. The van der Waals surface area contributed by atoms with Crippen LogP contribution in [0, 0.1) is 17.8 Å². The Labute approximate surface area is 135 Å². The van der Waals surface area contributed by atoms with E-state index in [0.29, 0.717) is 18.0 Å². The molecule has 0 aliphatic heterocycles. The van der Waals surface area contributed by atoms with Crippen LogP contribution in [0.25, 0.3) is 0 Å². The fourth-order valence-corrected chi connectivity index (χ4v) is 4.35. The van der Waals surface area contributed by atoms with E-state index in [0.717, 1.165) is 12.8 Å². The lowest BCUT2D eigenvalue weighted by Crippen LogP contribution is -2.29. The molecule has 1 aliphatic rings. The van der Waals surface area contributed by atoms with E-state index in [2.05, 4.69) is 11.8 Å². The minimum Gasteiger partial charge on any atom is -0.320 e. The van der Waals surface area contributed by atoms with E-state index in [1.807, 2.05) is 0 Å². The smallest absolute Gasteiger partial charge is 0.245 e. The summed E-state index contributed by atoms with van der Waals surface area (Å²) in [4.78, 5) is -0.0627. The molecule has 0 heterocycles. The van der Waals surface area contributed by atoms with Gasteiger partial charge in [0.05, 0.1) is 16.6 Å². The summed E-state index contributed by atoms with van der Waals surface area (Å²) in [5.74, 6) is 5.90. The van der Waals surface area contributed by atoms with Gasteiger partial charge in [0.1, 0.15) is 4.90 Å². The summed E-state index contributed by atoms with van der Waals surface area (Å²) in [6, 6.07) is 2.99. The highest BCUT2D eigenvalue weighted by molar-refractivity contribution is 7.89. The molecule has 2 rings (SSSR count). The predicted octanol–water partition coefficient (Wildman–Crippen LogP) is 2.33. The van der Waals surface area contributed by atoms with Crippen molar-refractivity contribution in [2.75, 3.05) is 20.1 Å². The van der Waals surface area contributed by atoms with Crippen molar-refractivity contribution in [3.8, 4) is 11.8 Å². The van der Waals surface area contributed by atoms with Gasteiger partial charge in [-0.05, 0) is 30.9 Å². The molecule has 1 saturated carbocycles. The van der Waals surface area contributed by atoms with Crippen LogP contribution in [0.2, 0.25) is 10.0 Å². The number of sulfonamides is 1. The first kappa shape index (κ1) is 16.6. The van der Waals surface area contributed by atoms with E-state index in [4.69, 9.17) is 28.9 Å². The Balaban J connectivity index is 2.38. The topological polar surface area (TPSA) is 63.4 Å². The standard InChI is InChI=1S/C14H16Cl2N2O2S/c1-18(9-10-4-5-10)21(19,20)14-12(15)7-11(3-2-6-17)8-13(14)16/h7-8,10H,4-6,9,17H2,1H3. The summed E-state index contributed by atoms with van der Waals surface area (Å²) in [6.45, 7) is 0.698. The molecule has 0 atom stereocenters. The SMILES string of the molecule is CN(CC1CC1)S(=O)(=O)c1c(Cl)cc(C#CCN)cc1Cl. The summed E-state index contributed by atoms with van der Waals surface area (Å²) < 4.78 is 26.4. The Morgan fingerprint density at radius 1 is 1.33 bits per heavy atom. The fraction of sp³-hybridized carbons (Fsp3) is 0.429. The predicted molar refractivity (Wildman–Crippen MR) is 84.9 cm³/mol. The third kappa shape index (κ3) is 3.91. The number of halogens is 2. The molecule has 1 aromatic rings. The minimum atomic E-state index is -3.70. The Morgan fingerprint density at radius 2 is 1.90 bits per heavy atom. The van der Waals surface area contributed by atoms with Crippen molar-refractivity contribution in [1.82, 2.24) is 4.31 Å². The molecule has 114 valence electrons. The Hall–Kier alpha value is -0.770. The molecule has 1 aliphatic carbocycles. The maximum absolute atomic E-state index is 12.6. The molecule has 0 spiro atoms. The van der Waals surface area contributed by atoms with Crippen LogP contribution >= 0.6 is 23.2 Å². The van der Waals surface area contributed by atoms with Gasteiger partial charge in [0.2, 0.25) is 10.0 Å². The summed E-state index contributed by atoms with van der Waals surface area (Å²) >= 11 is 12.2. The first-order chi connectivity index (χ1) is 9.86. The molecule has 0 bridgehead atoms. The number of nitrogens with two attached hydrogens (primary N) is 1. The van der Waals surface area contributed by atoms with E-state index in [-0.39, 0.29) is 21.5 Å². The zero-order valence-corrected chi connectivity index (χ0v) is 13.9. The summed E-state index contributed by atoms with van der Waals surface area (Å²) in [5.41, 5.74) is 5.84. The van der Waals surface area contributed by atoms with Gasteiger partial charge < -0.3 is 5.73 Å². The van der Waals surface area contributed by atoms with Gasteiger partial charge in [-0.1, -0.05) is 35.0 Å². The average Bonchev–Trinajstić information content (AvgIpc) is 3.19. The van der Waals surface area contributed by atoms with Crippen molar-refractivity contribution in [2.24, 2.45) is 11.7 Å². The number of nitrogens with zero attached hydrogens (tertiary/aromatic N) is 1. The van der Waals surface area contributed by atoms with Crippen LogP contribution in [0.3, 0.4) is 0 Å². The third-order valence-electron chi connectivity index (χ3n) is 3.21. The Bertz CT molecular complexity index is 680. The maximum Gasteiger partial charge on any atom is 0.245 e. The van der Waals surface area contributed by atoms with Gasteiger partial charge >= 0.3 is 0 Å². The minimum absolute atomic E-state index is 0.0627. The number of benzene rings is 1. The van der Waals surface area contributed by atoms with Crippen LogP contribution in [0.5, 0.6) is 0 Å². The van der Waals surface area contributed by atoms with Crippen molar-refractivity contribution in [2.45, 2.75) is 17.7 Å². The molecule has 0 unspecified atom stereocenters. The van der Waals surface area contributed by atoms with Crippen LogP contribution in [-0.4, -0.2) is 32.9 Å².